The summed E-state index contributed by atoms with van der Waals surface area (Å²) in [5, 5.41) is 2.94. The van der Waals surface area contributed by atoms with Crippen molar-refractivity contribution in [2.45, 2.75) is 51.1 Å². The van der Waals surface area contributed by atoms with Crippen LogP contribution < -0.4 is 10.1 Å². The van der Waals surface area contributed by atoms with Gasteiger partial charge in [0.05, 0.1) is 13.2 Å². The number of amides is 2. The molecule has 2 aliphatic heterocycles. The number of nitrogens with zero attached hydrogens (tertiary/aromatic N) is 2. The number of hydrogen-bond donors (Lipinski definition) is 1. The lowest BCUT2D eigenvalue weighted by Gasteiger charge is -2.38. The van der Waals surface area contributed by atoms with E-state index in [2.05, 4.69) is 28.4 Å². The zero-order valence-corrected chi connectivity index (χ0v) is 20.4. The number of benzene rings is 1. The minimum atomic E-state index is 0.0516. The number of para-hydroxylation sites is 1. The van der Waals surface area contributed by atoms with Gasteiger partial charge in [-0.15, -0.1) is 0 Å². The van der Waals surface area contributed by atoms with Gasteiger partial charge in [-0.05, 0) is 37.2 Å². The standard InChI is InChI=1S/C27H39N3O4/c1-33-16-13-28-26(31)17-21-12-14-29-18-22(21)8-6-15-34-25-11-5-2-7-23(25)19-30(20-27(29)32)24-9-3-4-10-24/h2,5-8,11,21-22,24H,3-4,9-10,12-20H2,1H3,(H,28,31)/b8-6-/t21-,22-/m0/s1. The molecule has 2 bridgehead atoms. The number of piperidine rings is 1. The molecule has 186 valence electrons. The van der Waals surface area contributed by atoms with E-state index >= 15 is 0 Å². The Hall–Kier alpha value is -2.38. The molecule has 1 aromatic rings. The van der Waals surface area contributed by atoms with Gasteiger partial charge in [-0.2, -0.15) is 0 Å². The lowest BCUT2D eigenvalue weighted by atomic mass is 9.82. The molecule has 1 aromatic carbocycles. The normalized spacial score (nSPS) is 25.4. The van der Waals surface area contributed by atoms with Gasteiger partial charge in [0.25, 0.3) is 0 Å². The van der Waals surface area contributed by atoms with Gasteiger partial charge in [0.1, 0.15) is 12.4 Å². The van der Waals surface area contributed by atoms with Gasteiger partial charge in [-0.1, -0.05) is 43.2 Å². The fraction of sp³-hybridized carbons (Fsp3) is 0.630. The molecule has 1 N–H and O–H groups in total. The molecule has 3 aliphatic rings. The highest BCUT2D eigenvalue weighted by molar-refractivity contribution is 5.79. The van der Waals surface area contributed by atoms with Crippen LogP contribution in [0.5, 0.6) is 5.75 Å². The lowest BCUT2D eigenvalue weighted by molar-refractivity contribution is -0.135. The molecule has 1 aliphatic carbocycles. The van der Waals surface area contributed by atoms with Crippen molar-refractivity contribution in [1.82, 2.24) is 15.1 Å². The smallest absolute Gasteiger partial charge is 0.236 e. The van der Waals surface area contributed by atoms with E-state index in [1.54, 1.807) is 7.11 Å². The van der Waals surface area contributed by atoms with Crippen LogP contribution in [-0.2, 0) is 20.9 Å². The third kappa shape index (κ3) is 6.60. The van der Waals surface area contributed by atoms with E-state index < -0.39 is 0 Å². The zero-order valence-electron chi connectivity index (χ0n) is 20.4. The number of rotatable bonds is 6. The number of ether oxygens (including phenoxy) is 2. The second kappa shape index (κ2) is 12.4. The van der Waals surface area contributed by atoms with Crippen molar-refractivity contribution in [2.75, 3.05) is 46.5 Å². The Morgan fingerprint density at radius 2 is 2.00 bits per heavy atom. The summed E-state index contributed by atoms with van der Waals surface area (Å²) in [6.07, 6.45) is 10.3. The highest BCUT2D eigenvalue weighted by Gasteiger charge is 2.33. The Bertz CT molecular complexity index is 852. The summed E-state index contributed by atoms with van der Waals surface area (Å²) in [6, 6.07) is 8.63. The summed E-state index contributed by atoms with van der Waals surface area (Å²) >= 11 is 0. The fourth-order valence-corrected chi connectivity index (χ4v) is 5.55. The van der Waals surface area contributed by atoms with Crippen molar-refractivity contribution in [3.05, 3.63) is 42.0 Å². The molecule has 0 aromatic heterocycles. The molecule has 7 nitrogen and oxygen atoms in total. The molecular weight excluding hydrogens is 430 g/mol. The average molecular weight is 470 g/mol. The van der Waals surface area contributed by atoms with E-state index in [1.165, 1.54) is 12.8 Å². The van der Waals surface area contributed by atoms with Crippen molar-refractivity contribution < 1.29 is 19.1 Å². The first-order valence-electron chi connectivity index (χ1n) is 12.8. The molecule has 2 amide bonds. The topological polar surface area (TPSA) is 71.1 Å². The molecule has 2 fully saturated rings. The number of hydrogen-bond acceptors (Lipinski definition) is 5. The van der Waals surface area contributed by atoms with E-state index in [0.717, 1.165) is 37.1 Å². The summed E-state index contributed by atoms with van der Waals surface area (Å²) in [5.74, 6) is 1.50. The molecule has 34 heavy (non-hydrogen) atoms. The maximum atomic E-state index is 13.4. The molecule has 7 heteroatoms. The quantitative estimate of drug-likeness (QED) is 0.512. The maximum absolute atomic E-state index is 13.4. The number of carbonyl (C=O) groups excluding carboxylic acids is 2. The van der Waals surface area contributed by atoms with E-state index in [9.17, 15) is 9.59 Å². The van der Waals surface area contributed by atoms with Crippen LogP contribution in [0.15, 0.2) is 36.4 Å². The van der Waals surface area contributed by atoms with Crippen molar-refractivity contribution in [3.8, 4) is 5.75 Å². The van der Waals surface area contributed by atoms with Crippen LogP contribution in [-0.4, -0.2) is 74.2 Å². The third-order valence-electron chi connectivity index (χ3n) is 7.48. The molecule has 0 radical (unpaired) electrons. The van der Waals surface area contributed by atoms with Crippen LogP contribution in [0.2, 0.25) is 0 Å². The zero-order chi connectivity index (χ0) is 23.8. The lowest BCUT2D eigenvalue weighted by Crippen LogP contribution is -2.49. The Morgan fingerprint density at radius 3 is 2.82 bits per heavy atom. The molecular formula is C27H39N3O4. The van der Waals surface area contributed by atoms with Gasteiger partial charge in [0.15, 0.2) is 0 Å². The predicted octanol–water partition coefficient (Wildman–Crippen LogP) is 3.00. The first-order valence-corrected chi connectivity index (χ1v) is 12.8. The summed E-state index contributed by atoms with van der Waals surface area (Å²) < 4.78 is 11.2. The summed E-state index contributed by atoms with van der Waals surface area (Å²) in [7, 11) is 1.63. The van der Waals surface area contributed by atoms with Crippen molar-refractivity contribution in [1.29, 1.82) is 0 Å². The Balaban J connectivity index is 1.50. The summed E-state index contributed by atoms with van der Waals surface area (Å²) in [5.41, 5.74) is 1.14. The van der Waals surface area contributed by atoms with Crippen molar-refractivity contribution in [2.24, 2.45) is 11.8 Å². The second-order valence-corrected chi connectivity index (χ2v) is 9.79. The number of fused-ring (bicyclic) bond motifs is 3. The van der Waals surface area contributed by atoms with Gasteiger partial charge in [-0.25, -0.2) is 0 Å². The van der Waals surface area contributed by atoms with Gasteiger partial charge in [0.2, 0.25) is 11.8 Å². The Morgan fingerprint density at radius 1 is 1.18 bits per heavy atom. The number of methoxy groups -OCH3 is 1. The van der Waals surface area contributed by atoms with Crippen LogP contribution in [0.3, 0.4) is 0 Å². The Kier molecular flexibility index (Phi) is 8.99. The highest BCUT2D eigenvalue weighted by atomic mass is 16.5. The molecule has 0 spiro atoms. The second-order valence-electron chi connectivity index (χ2n) is 9.79. The van der Waals surface area contributed by atoms with Crippen molar-refractivity contribution >= 4 is 11.8 Å². The average Bonchev–Trinajstić information content (AvgIpc) is 3.38. The van der Waals surface area contributed by atoms with Gasteiger partial charge in [0, 0.05) is 51.3 Å². The first kappa shape index (κ1) is 24.7. The monoisotopic (exact) mass is 469 g/mol. The predicted molar refractivity (Wildman–Crippen MR) is 131 cm³/mol. The molecule has 0 unspecified atom stereocenters. The van der Waals surface area contributed by atoms with E-state index in [0.29, 0.717) is 51.9 Å². The molecule has 2 atom stereocenters. The molecule has 1 saturated carbocycles. The van der Waals surface area contributed by atoms with Crippen molar-refractivity contribution in [3.63, 3.8) is 0 Å². The largest absolute Gasteiger partial charge is 0.489 e. The minimum Gasteiger partial charge on any atom is -0.489 e. The molecule has 4 rings (SSSR count). The summed E-state index contributed by atoms with van der Waals surface area (Å²) in [4.78, 5) is 30.3. The SMILES string of the molecule is COCCNC(=O)C[C@@H]1CCN2C[C@@H]1/C=C\COc1ccccc1CN(C1CCCC1)CC2=O. The number of carbonyl (C=O) groups is 2. The Labute approximate surface area is 203 Å². The van der Waals surface area contributed by atoms with Gasteiger partial charge >= 0.3 is 0 Å². The van der Waals surface area contributed by atoms with E-state index in [4.69, 9.17) is 9.47 Å². The van der Waals surface area contributed by atoms with Crippen LogP contribution in [0.1, 0.15) is 44.1 Å². The minimum absolute atomic E-state index is 0.0516. The van der Waals surface area contributed by atoms with E-state index in [1.807, 2.05) is 23.1 Å². The first-order chi connectivity index (χ1) is 16.6. The van der Waals surface area contributed by atoms with Gasteiger partial charge in [-0.3, -0.25) is 14.5 Å². The van der Waals surface area contributed by atoms with E-state index in [-0.39, 0.29) is 23.7 Å². The third-order valence-corrected chi connectivity index (χ3v) is 7.48. The van der Waals surface area contributed by atoms with Crippen LogP contribution in [0.25, 0.3) is 0 Å². The summed E-state index contributed by atoms with van der Waals surface area (Å²) in [6.45, 7) is 4.07. The van der Waals surface area contributed by atoms with Crippen LogP contribution in [0.4, 0.5) is 0 Å². The maximum Gasteiger partial charge on any atom is 0.236 e. The molecule has 2 heterocycles. The van der Waals surface area contributed by atoms with Crippen LogP contribution >= 0.6 is 0 Å². The highest BCUT2D eigenvalue weighted by Crippen LogP contribution is 2.31. The fourth-order valence-electron chi connectivity index (χ4n) is 5.55. The molecule has 1 saturated heterocycles. The van der Waals surface area contributed by atoms with Crippen LogP contribution in [0, 0.1) is 11.8 Å². The van der Waals surface area contributed by atoms with Gasteiger partial charge < -0.3 is 19.7 Å². The number of nitrogens with one attached hydrogen (secondary N) is 1.